The first-order valence-corrected chi connectivity index (χ1v) is 9.79. The lowest BCUT2D eigenvalue weighted by molar-refractivity contribution is 0.409. The Morgan fingerprint density at radius 2 is 1.48 bits per heavy atom. The van der Waals surface area contributed by atoms with Gasteiger partial charge in [-0.25, -0.2) is 9.97 Å². The van der Waals surface area contributed by atoms with Crippen molar-refractivity contribution in [2.45, 2.75) is 20.4 Å². The number of nitrogens with zero attached hydrogens (tertiary/aromatic N) is 2. The third-order valence-electron chi connectivity index (χ3n) is 5.34. The van der Waals surface area contributed by atoms with E-state index in [-0.39, 0.29) is 5.56 Å². The van der Waals surface area contributed by atoms with Crippen LogP contribution in [-0.4, -0.2) is 36.3 Å². The number of benzene rings is 2. The van der Waals surface area contributed by atoms with Gasteiger partial charge in [-0.05, 0) is 44.2 Å². The Bertz CT molecular complexity index is 1350. The summed E-state index contributed by atoms with van der Waals surface area (Å²) in [6.07, 6.45) is 0. The molecule has 0 aliphatic heterocycles. The quantitative estimate of drug-likeness (QED) is 0.490. The van der Waals surface area contributed by atoms with Crippen LogP contribution in [0.5, 0.6) is 17.2 Å². The average molecular weight is 420 g/mol. The maximum atomic E-state index is 12.7. The zero-order valence-corrected chi connectivity index (χ0v) is 18.1. The number of aryl methyl sites for hydroxylation is 2. The molecule has 0 bridgehead atoms. The molecule has 2 heterocycles. The minimum absolute atomic E-state index is 0.206. The first kappa shape index (κ1) is 20.5. The second-order valence-corrected chi connectivity index (χ2v) is 7.14. The van der Waals surface area contributed by atoms with Gasteiger partial charge in [0.05, 0.1) is 43.9 Å². The van der Waals surface area contributed by atoms with E-state index in [1.807, 2.05) is 38.1 Å². The van der Waals surface area contributed by atoms with Crippen LogP contribution >= 0.6 is 0 Å². The van der Waals surface area contributed by atoms with Crippen LogP contribution in [0.15, 0.2) is 35.1 Å². The molecule has 0 aliphatic rings. The Labute approximate surface area is 179 Å². The summed E-state index contributed by atoms with van der Waals surface area (Å²) in [4.78, 5) is 25.0. The highest BCUT2D eigenvalue weighted by Gasteiger charge is 2.14. The molecular formula is C23H24N4O4. The van der Waals surface area contributed by atoms with Crippen LogP contribution in [0, 0.1) is 13.8 Å². The number of hydrogen-bond donors (Lipinski definition) is 2. The Hall–Kier alpha value is -3.81. The normalized spacial score (nSPS) is 11.0. The number of anilines is 1. The van der Waals surface area contributed by atoms with Crippen LogP contribution in [0.3, 0.4) is 0 Å². The molecule has 4 aromatic rings. The molecule has 0 radical (unpaired) electrons. The van der Waals surface area contributed by atoms with Gasteiger partial charge in [0.1, 0.15) is 28.3 Å². The summed E-state index contributed by atoms with van der Waals surface area (Å²) in [5, 5.41) is 4.09. The second-order valence-electron chi connectivity index (χ2n) is 7.14. The topological polar surface area (TPSA) is 98.4 Å². The number of pyridine rings is 1. The Morgan fingerprint density at radius 1 is 0.871 bits per heavy atom. The fraction of sp³-hybridized carbons (Fsp3) is 0.261. The monoisotopic (exact) mass is 420 g/mol. The van der Waals surface area contributed by atoms with E-state index in [0.29, 0.717) is 45.9 Å². The summed E-state index contributed by atoms with van der Waals surface area (Å²) in [7, 11) is 4.76. The van der Waals surface area contributed by atoms with Gasteiger partial charge in [-0.15, -0.1) is 0 Å². The third kappa shape index (κ3) is 3.61. The SMILES string of the molecule is COc1ccc(OC)c2[nH]c(=O)c(CNc3ccc(OC)c4nc(C)c(C)nc34)cc12. The fourth-order valence-electron chi connectivity index (χ4n) is 3.54. The standard InChI is InChI=1S/C23H24N4O4/c1-12-13(2)26-22-19(31-5)7-6-16(21(22)25-12)24-11-14-10-15-17(29-3)8-9-18(30-4)20(15)27-23(14)28/h6-10,24H,11H2,1-5H3,(H,27,28). The van der Waals surface area contributed by atoms with Gasteiger partial charge < -0.3 is 24.5 Å². The number of nitrogens with one attached hydrogen (secondary N) is 2. The lowest BCUT2D eigenvalue weighted by atomic mass is 10.1. The van der Waals surface area contributed by atoms with E-state index in [2.05, 4.69) is 15.3 Å². The highest BCUT2D eigenvalue weighted by molar-refractivity contribution is 5.93. The van der Waals surface area contributed by atoms with E-state index in [9.17, 15) is 4.79 Å². The Morgan fingerprint density at radius 3 is 2.16 bits per heavy atom. The third-order valence-corrected chi connectivity index (χ3v) is 5.34. The molecule has 8 nitrogen and oxygen atoms in total. The van der Waals surface area contributed by atoms with E-state index < -0.39 is 0 Å². The predicted molar refractivity (Wildman–Crippen MR) is 121 cm³/mol. The minimum Gasteiger partial charge on any atom is -0.496 e. The van der Waals surface area contributed by atoms with E-state index in [0.717, 1.165) is 22.5 Å². The zero-order chi connectivity index (χ0) is 22.1. The summed E-state index contributed by atoms with van der Waals surface area (Å²) in [5.74, 6) is 1.88. The second kappa shape index (κ2) is 8.14. The number of methoxy groups -OCH3 is 3. The van der Waals surface area contributed by atoms with Gasteiger partial charge in [-0.2, -0.15) is 0 Å². The number of rotatable bonds is 6. The van der Waals surface area contributed by atoms with Crippen LogP contribution in [0.4, 0.5) is 5.69 Å². The fourth-order valence-corrected chi connectivity index (χ4v) is 3.54. The lowest BCUT2D eigenvalue weighted by Crippen LogP contribution is -2.16. The van der Waals surface area contributed by atoms with Crippen LogP contribution in [-0.2, 0) is 6.54 Å². The summed E-state index contributed by atoms with van der Waals surface area (Å²) in [5.41, 5.74) is 4.76. The van der Waals surface area contributed by atoms with Crippen molar-refractivity contribution in [3.8, 4) is 17.2 Å². The molecule has 0 amide bonds. The molecule has 0 saturated heterocycles. The van der Waals surface area contributed by atoms with Gasteiger partial charge in [0, 0.05) is 17.5 Å². The van der Waals surface area contributed by atoms with Gasteiger partial charge in [-0.1, -0.05) is 0 Å². The van der Waals surface area contributed by atoms with Crippen molar-refractivity contribution in [3.63, 3.8) is 0 Å². The van der Waals surface area contributed by atoms with Crippen LogP contribution in [0.25, 0.3) is 21.9 Å². The van der Waals surface area contributed by atoms with Gasteiger partial charge in [0.25, 0.3) is 5.56 Å². The first-order valence-electron chi connectivity index (χ1n) is 9.79. The Kier molecular flexibility index (Phi) is 5.37. The molecule has 0 aliphatic carbocycles. The molecule has 4 rings (SSSR count). The van der Waals surface area contributed by atoms with E-state index in [4.69, 9.17) is 19.2 Å². The smallest absolute Gasteiger partial charge is 0.253 e. The predicted octanol–water partition coefficient (Wildman–Crippen LogP) is 3.73. The van der Waals surface area contributed by atoms with Crippen molar-refractivity contribution in [1.29, 1.82) is 0 Å². The number of ether oxygens (including phenoxy) is 3. The number of H-pyrrole nitrogens is 1. The molecule has 0 saturated carbocycles. The summed E-state index contributed by atoms with van der Waals surface area (Å²) < 4.78 is 16.3. The van der Waals surface area contributed by atoms with Gasteiger partial charge in [-0.3, -0.25) is 4.79 Å². The van der Waals surface area contributed by atoms with Crippen LogP contribution in [0.2, 0.25) is 0 Å². The first-order chi connectivity index (χ1) is 15.0. The molecule has 8 heteroatoms. The number of fused-ring (bicyclic) bond motifs is 2. The Balaban J connectivity index is 1.76. The molecule has 2 aromatic heterocycles. The van der Waals surface area contributed by atoms with Gasteiger partial charge in [0.2, 0.25) is 0 Å². The number of aromatic amines is 1. The van der Waals surface area contributed by atoms with Crippen molar-refractivity contribution in [2.24, 2.45) is 0 Å². The highest BCUT2D eigenvalue weighted by atomic mass is 16.5. The zero-order valence-electron chi connectivity index (χ0n) is 18.1. The van der Waals surface area contributed by atoms with Crippen molar-refractivity contribution in [1.82, 2.24) is 15.0 Å². The molecule has 2 N–H and O–H groups in total. The highest BCUT2D eigenvalue weighted by Crippen LogP contribution is 2.32. The maximum Gasteiger partial charge on any atom is 0.253 e. The van der Waals surface area contributed by atoms with Crippen molar-refractivity contribution in [3.05, 3.63) is 57.6 Å². The molecule has 0 fully saturated rings. The number of hydrogen-bond acceptors (Lipinski definition) is 7. The minimum atomic E-state index is -0.206. The van der Waals surface area contributed by atoms with Crippen molar-refractivity contribution in [2.75, 3.05) is 26.6 Å². The molecule has 0 atom stereocenters. The number of aromatic nitrogens is 3. The summed E-state index contributed by atoms with van der Waals surface area (Å²) in [6.45, 7) is 4.12. The van der Waals surface area contributed by atoms with Gasteiger partial charge in [0.15, 0.2) is 0 Å². The molecule has 0 spiro atoms. The van der Waals surface area contributed by atoms with E-state index in [1.54, 1.807) is 27.4 Å². The largest absolute Gasteiger partial charge is 0.496 e. The van der Waals surface area contributed by atoms with Crippen molar-refractivity contribution >= 4 is 27.6 Å². The maximum absolute atomic E-state index is 12.7. The van der Waals surface area contributed by atoms with Crippen LogP contribution in [0.1, 0.15) is 17.0 Å². The molecule has 160 valence electrons. The summed E-state index contributed by atoms with van der Waals surface area (Å²) >= 11 is 0. The van der Waals surface area contributed by atoms with E-state index in [1.165, 1.54) is 0 Å². The lowest BCUT2D eigenvalue weighted by Gasteiger charge is -2.14. The van der Waals surface area contributed by atoms with Crippen LogP contribution < -0.4 is 25.1 Å². The average Bonchev–Trinajstić information content (AvgIpc) is 2.77. The molecule has 2 aromatic carbocycles. The molecule has 0 unspecified atom stereocenters. The molecular weight excluding hydrogens is 396 g/mol. The molecule has 31 heavy (non-hydrogen) atoms. The summed E-state index contributed by atoms with van der Waals surface area (Å²) in [6, 6.07) is 9.11. The van der Waals surface area contributed by atoms with E-state index >= 15 is 0 Å². The van der Waals surface area contributed by atoms with Crippen molar-refractivity contribution < 1.29 is 14.2 Å². The van der Waals surface area contributed by atoms with Gasteiger partial charge >= 0.3 is 0 Å².